The number of benzene rings is 4. The largest absolute Gasteiger partial charge is 0.380 e. The summed E-state index contributed by atoms with van der Waals surface area (Å²) in [7, 11) is 0. The zero-order chi connectivity index (χ0) is 25.9. The van der Waals surface area contributed by atoms with Crippen molar-refractivity contribution >= 4 is 67.9 Å². The van der Waals surface area contributed by atoms with E-state index in [9.17, 15) is 20.2 Å². The smallest absolute Gasteiger partial charge is 0.274 e. The fraction of sp³-hybridized carbons (Fsp3) is 0.0769. The summed E-state index contributed by atoms with van der Waals surface area (Å²) >= 11 is 4.46. The number of nitrogens with one attached hydrogen (secondary N) is 2. The van der Waals surface area contributed by atoms with Gasteiger partial charge in [-0.05, 0) is 69.4 Å². The van der Waals surface area contributed by atoms with Crippen LogP contribution in [0.5, 0.6) is 0 Å². The molecule has 4 aromatic carbocycles. The molecule has 10 heteroatoms. The lowest BCUT2D eigenvalue weighted by Crippen LogP contribution is -2.03. The van der Waals surface area contributed by atoms with Crippen LogP contribution in [0.4, 0.5) is 22.7 Å². The number of halogens is 2. The Kier molecular flexibility index (Phi) is 10.4. The number of nitro groups is 2. The Labute approximate surface area is 235 Å². The van der Waals surface area contributed by atoms with Crippen molar-refractivity contribution in [3.05, 3.63) is 136 Å². The molecule has 4 aromatic rings. The minimum Gasteiger partial charge on any atom is -0.380 e. The molecule has 8 nitrogen and oxygen atoms in total. The van der Waals surface area contributed by atoms with Crippen LogP contribution in [0, 0.1) is 27.4 Å². The first kappa shape index (κ1) is 27.3. The summed E-state index contributed by atoms with van der Waals surface area (Å²) in [6.45, 7) is 0.883. The van der Waals surface area contributed by atoms with E-state index >= 15 is 0 Å². The molecule has 0 aliphatic carbocycles. The predicted molar refractivity (Wildman–Crippen MR) is 159 cm³/mol. The van der Waals surface area contributed by atoms with E-state index < -0.39 is 0 Å². The summed E-state index contributed by atoms with van der Waals surface area (Å²) in [5.41, 5.74) is 3.63. The van der Waals surface area contributed by atoms with Crippen molar-refractivity contribution in [1.82, 2.24) is 0 Å². The van der Waals surface area contributed by atoms with Gasteiger partial charge in [0.2, 0.25) is 0 Å². The number of hydrogen-bond acceptors (Lipinski definition) is 6. The summed E-state index contributed by atoms with van der Waals surface area (Å²) in [5.74, 6) is 0. The molecule has 0 radical (unpaired) electrons. The van der Waals surface area contributed by atoms with Gasteiger partial charge in [-0.15, -0.1) is 0 Å². The minimum absolute atomic E-state index is 0.149. The molecule has 184 valence electrons. The molecular weight excluding hydrogens is 686 g/mol. The zero-order valence-corrected chi connectivity index (χ0v) is 23.3. The van der Waals surface area contributed by atoms with Crippen LogP contribution in [0.1, 0.15) is 11.1 Å². The SMILES string of the molecule is O=[N+]([O-])c1ccccc1CNc1ccccc1I.O=[N+]([O-])c1ccccc1CNc1ccccc1I. The number of nitro benzene ring substituents is 2. The van der Waals surface area contributed by atoms with Gasteiger partial charge in [-0.1, -0.05) is 60.7 Å². The Morgan fingerprint density at radius 2 is 0.889 bits per heavy atom. The average Bonchev–Trinajstić information content (AvgIpc) is 2.88. The van der Waals surface area contributed by atoms with Gasteiger partial charge in [-0.3, -0.25) is 20.2 Å². The van der Waals surface area contributed by atoms with Gasteiger partial charge in [0.25, 0.3) is 11.4 Å². The topological polar surface area (TPSA) is 110 Å². The van der Waals surface area contributed by atoms with Crippen LogP contribution in [0.2, 0.25) is 0 Å². The second-order valence-corrected chi connectivity index (χ2v) is 9.76. The summed E-state index contributed by atoms with van der Waals surface area (Å²) in [6, 6.07) is 29.2. The molecule has 0 heterocycles. The van der Waals surface area contributed by atoms with E-state index in [1.54, 1.807) is 36.4 Å². The number of nitrogens with zero attached hydrogens (tertiary/aromatic N) is 2. The van der Waals surface area contributed by atoms with E-state index in [1.165, 1.54) is 12.1 Å². The van der Waals surface area contributed by atoms with Gasteiger partial charge >= 0.3 is 0 Å². The summed E-state index contributed by atoms with van der Waals surface area (Å²) in [4.78, 5) is 21.0. The summed E-state index contributed by atoms with van der Waals surface area (Å²) in [5, 5.41) is 28.2. The van der Waals surface area contributed by atoms with Crippen LogP contribution in [-0.4, -0.2) is 9.85 Å². The summed E-state index contributed by atoms with van der Waals surface area (Å²) < 4.78 is 2.18. The van der Waals surface area contributed by atoms with Crippen molar-refractivity contribution in [2.75, 3.05) is 10.6 Å². The second-order valence-electron chi connectivity index (χ2n) is 7.44. The van der Waals surface area contributed by atoms with E-state index in [0.29, 0.717) is 24.2 Å². The third-order valence-electron chi connectivity index (χ3n) is 5.06. The molecule has 0 spiro atoms. The molecule has 2 N–H and O–H groups in total. The third-order valence-corrected chi connectivity index (χ3v) is 6.94. The van der Waals surface area contributed by atoms with Crippen molar-refractivity contribution in [1.29, 1.82) is 0 Å². The van der Waals surface area contributed by atoms with Gasteiger partial charge in [0.15, 0.2) is 0 Å². The number of para-hydroxylation sites is 4. The first-order valence-corrected chi connectivity index (χ1v) is 12.9. The fourth-order valence-electron chi connectivity index (χ4n) is 3.27. The first-order chi connectivity index (χ1) is 17.4. The highest BCUT2D eigenvalue weighted by Crippen LogP contribution is 2.23. The van der Waals surface area contributed by atoms with Gasteiger partial charge in [0.05, 0.1) is 9.85 Å². The Morgan fingerprint density at radius 3 is 1.25 bits per heavy atom. The number of rotatable bonds is 8. The summed E-state index contributed by atoms with van der Waals surface area (Å²) in [6.07, 6.45) is 0. The normalized spacial score (nSPS) is 10.1. The molecule has 0 saturated carbocycles. The van der Waals surface area contributed by atoms with E-state index in [2.05, 4.69) is 55.8 Å². The number of hydrogen-bond donors (Lipinski definition) is 2. The highest BCUT2D eigenvalue weighted by atomic mass is 127. The van der Waals surface area contributed by atoms with Crippen LogP contribution in [-0.2, 0) is 13.1 Å². The van der Waals surface area contributed by atoms with Crippen LogP contribution in [0.15, 0.2) is 97.1 Å². The molecule has 4 rings (SSSR count). The van der Waals surface area contributed by atoms with Crippen molar-refractivity contribution in [3.63, 3.8) is 0 Å². The van der Waals surface area contributed by atoms with Crippen LogP contribution in [0.3, 0.4) is 0 Å². The highest BCUT2D eigenvalue weighted by molar-refractivity contribution is 14.1. The van der Waals surface area contributed by atoms with Crippen molar-refractivity contribution in [2.24, 2.45) is 0 Å². The number of anilines is 2. The standard InChI is InChI=1S/2C13H11IN2O2/c2*14-11-6-2-3-7-12(11)15-9-10-5-1-4-8-13(10)16(17)18/h2*1-8,15H,9H2. The molecule has 0 fully saturated rings. The van der Waals surface area contributed by atoms with E-state index in [1.807, 2.05) is 48.5 Å². The van der Waals surface area contributed by atoms with Crippen molar-refractivity contribution < 1.29 is 9.85 Å². The quantitative estimate of drug-likeness (QED) is 0.111. The average molecular weight is 708 g/mol. The van der Waals surface area contributed by atoms with Crippen molar-refractivity contribution in [3.8, 4) is 0 Å². The monoisotopic (exact) mass is 708 g/mol. The van der Waals surface area contributed by atoms with Crippen LogP contribution >= 0.6 is 45.2 Å². The van der Waals surface area contributed by atoms with Crippen LogP contribution in [0.25, 0.3) is 0 Å². The lowest BCUT2D eigenvalue weighted by molar-refractivity contribution is -0.385. The molecule has 0 bridgehead atoms. The maximum Gasteiger partial charge on any atom is 0.274 e. The Hall–Kier alpha value is -3.26. The minimum atomic E-state index is -0.354. The Balaban J connectivity index is 0.000000201. The highest BCUT2D eigenvalue weighted by Gasteiger charge is 2.13. The van der Waals surface area contributed by atoms with Gasteiger partial charge in [-0.2, -0.15) is 0 Å². The van der Waals surface area contributed by atoms with E-state index in [4.69, 9.17) is 0 Å². The maximum absolute atomic E-state index is 10.9. The fourth-order valence-corrected chi connectivity index (χ4v) is 4.42. The van der Waals surface area contributed by atoms with E-state index in [0.717, 1.165) is 18.5 Å². The molecular formula is C26H22I2N4O4. The third kappa shape index (κ3) is 7.88. The molecule has 0 aliphatic heterocycles. The van der Waals surface area contributed by atoms with Crippen molar-refractivity contribution in [2.45, 2.75) is 13.1 Å². The predicted octanol–water partition coefficient (Wildman–Crippen LogP) is 7.62. The lowest BCUT2D eigenvalue weighted by atomic mass is 10.2. The van der Waals surface area contributed by atoms with E-state index in [-0.39, 0.29) is 21.2 Å². The molecule has 0 aliphatic rings. The molecule has 0 amide bonds. The Bertz CT molecular complexity index is 1250. The molecule has 0 aromatic heterocycles. The maximum atomic E-state index is 10.9. The first-order valence-electron chi connectivity index (χ1n) is 10.8. The van der Waals surface area contributed by atoms with Gasteiger partial charge in [0, 0.05) is 54.9 Å². The van der Waals surface area contributed by atoms with Gasteiger partial charge in [-0.25, -0.2) is 0 Å². The van der Waals surface area contributed by atoms with Gasteiger partial charge in [0.1, 0.15) is 0 Å². The lowest BCUT2D eigenvalue weighted by Gasteiger charge is -2.08. The Morgan fingerprint density at radius 1 is 0.556 bits per heavy atom. The zero-order valence-electron chi connectivity index (χ0n) is 18.9. The molecule has 0 unspecified atom stereocenters. The molecule has 36 heavy (non-hydrogen) atoms. The van der Waals surface area contributed by atoms with Crippen LogP contribution < -0.4 is 10.6 Å². The molecule has 0 saturated heterocycles. The molecule has 0 atom stereocenters. The van der Waals surface area contributed by atoms with Gasteiger partial charge < -0.3 is 10.6 Å². The second kappa shape index (κ2) is 13.7.